The number of sulfonamides is 1. The number of allylic oxidation sites excluding steroid dienone is 1. The average Bonchev–Trinajstić information content (AvgIpc) is 3.45. The van der Waals surface area contributed by atoms with E-state index in [1.54, 1.807) is 18.2 Å². The first kappa shape index (κ1) is 25.2. The van der Waals surface area contributed by atoms with Crippen molar-refractivity contribution in [3.8, 4) is 17.0 Å². The Kier molecular flexibility index (Phi) is 7.19. The third-order valence-electron chi connectivity index (χ3n) is 6.09. The Morgan fingerprint density at radius 1 is 1.17 bits per heavy atom. The first-order valence-electron chi connectivity index (χ1n) is 11.6. The number of amides is 1. The van der Waals surface area contributed by atoms with Gasteiger partial charge in [0.25, 0.3) is 15.9 Å². The molecule has 8 nitrogen and oxygen atoms in total. The SMILES string of the molecule is CC(C)Oc1cc(-c2ccc(C(=O)NS(=O)(=O)C3=CC=NC3)c(N3[C@H](C)CC[C@@H]3C)n2)ccc1Cl. The molecule has 2 aromatic rings. The van der Waals surface area contributed by atoms with Crippen molar-refractivity contribution in [3.63, 3.8) is 0 Å². The normalized spacial score (nSPS) is 19.8. The molecule has 0 spiro atoms. The maximum atomic E-state index is 13.2. The molecule has 4 rings (SSSR count). The zero-order chi connectivity index (χ0) is 25.3. The lowest BCUT2D eigenvalue weighted by molar-refractivity contribution is 0.0982. The van der Waals surface area contributed by atoms with Gasteiger partial charge in [-0.3, -0.25) is 9.79 Å². The van der Waals surface area contributed by atoms with Gasteiger partial charge in [0.15, 0.2) is 0 Å². The first-order valence-corrected chi connectivity index (χ1v) is 13.4. The van der Waals surface area contributed by atoms with Crippen molar-refractivity contribution in [1.29, 1.82) is 0 Å². The fourth-order valence-electron chi connectivity index (χ4n) is 4.35. The third kappa shape index (κ3) is 5.36. The minimum Gasteiger partial charge on any atom is -0.489 e. The summed E-state index contributed by atoms with van der Waals surface area (Å²) in [6.07, 6.45) is 4.65. The van der Waals surface area contributed by atoms with Crippen LogP contribution in [0.5, 0.6) is 5.75 Å². The third-order valence-corrected chi connectivity index (χ3v) is 7.81. The quantitative estimate of drug-likeness (QED) is 0.577. The number of nitrogens with one attached hydrogen (secondary N) is 1. The van der Waals surface area contributed by atoms with E-state index in [-0.39, 0.29) is 35.2 Å². The Balaban J connectivity index is 1.75. The first-order chi connectivity index (χ1) is 16.6. The molecule has 186 valence electrons. The van der Waals surface area contributed by atoms with Gasteiger partial charge in [0, 0.05) is 23.9 Å². The fraction of sp³-hybridized carbons (Fsp3) is 0.400. The van der Waals surface area contributed by atoms with Crippen LogP contribution in [0.25, 0.3) is 11.3 Å². The number of carbonyl (C=O) groups is 1. The van der Waals surface area contributed by atoms with Gasteiger partial charge in [-0.15, -0.1) is 0 Å². The van der Waals surface area contributed by atoms with Gasteiger partial charge in [0.2, 0.25) is 0 Å². The van der Waals surface area contributed by atoms with Crippen LogP contribution < -0.4 is 14.4 Å². The van der Waals surface area contributed by atoms with Gasteiger partial charge in [0.05, 0.1) is 33.8 Å². The Bertz CT molecular complexity index is 1300. The van der Waals surface area contributed by atoms with Crippen LogP contribution in [-0.4, -0.2) is 50.3 Å². The summed E-state index contributed by atoms with van der Waals surface area (Å²) in [5.41, 5.74) is 1.60. The molecule has 1 N–H and O–H groups in total. The lowest BCUT2D eigenvalue weighted by atomic mass is 10.1. The lowest BCUT2D eigenvalue weighted by Crippen LogP contribution is -2.37. The summed E-state index contributed by atoms with van der Waals surface area (Å²) in [6.45, 7) is 8.02. The molecule has 2 aliphatic rings. The molecule has 35 heavy (non-hydrogen) atoms. The van der Waals surface area contributed by atoms with E-state index in [0.717, 1.165) is 18.4 Å². The van der Waals surface area contributed by atoms with Crippen molar-refractivity contribution in [2.24, 2.45) is 4.99 Å². The minimum atomic E-state index is -4.00. The van der Waals surface area contributed by atoms with E-state index in [2.05, 4.69) is 28.5 Å². The van der Waals surface area contributed by atoms with Crippen LogP contribution in [-0.2, 0) is 10.0 Å². The molecule has 1 amide bonds. The second kappa shape index (κ2) is 9.99. The molecule has 0 bridgehead atoms. The van der Waals surface area contributed by atoms with Crippen molar-refractivity contribution >= 4 is 39.6 Å². The highest BCUT2D eigenvalue weighted by Crippen LogP contribution is 2.35. The van der Waals surface area contributed by atoms with E-state index in [4.69, 9.17) is 21.3 Å². The number of benzene rings is 1. The van der Waals surface area contributed by atoms with Crippen LogP contribution in [0.2, 0.25) is 5.02 Å². The summed E-state index contributed by atoms with van der Waals surface area (Å²) in [4.78, 5) is 24.1. The summed E-state index contributed by atoms with van der Waals surface area (Å²) in [6, 6.07) is 9.03. The van der Waals surface area contributed by atoms with Gasteiger partial charge in [-0.05, 0) is 70.9 Å². The summed E-state index contributed by atoms with van der Waals surface area (Å²) < 4.78 is 33.4. The maximum absolute atomic E-state index is 13.2. The van der Waals surface area contributed by atoms with Crippen molar-refractivity contribution in [2.45, 2.75) is 58.7 Å². The second-order valence-electron chi connectivity index (χ2n) is 9.12. The monoisotopic (exact) mass is 516 g/mol. The summed E-state index contributed by atoms with van der Waals surface area (Å²) >= 11 is 6.31. The highest BCUT2D eigenvalue weighted by molar-refractivity contribution is 7.94. The van der Waals surface area contributed by atoms with Crippen molar-refractivity contribution < 1.29 is 17.9 Å². The van der Waals surface area contributed by atoms with Crippen LogP contribution in [0, 0.1) is 0 Å². The Morgan fingerprint density at radius 2 is 1.89 bits per heavy atom. The summed E-state index contributed by atoms with van der Waals surface area (Å²) in [5.74, 6) is 0.272. The topological polar surface area (TPSA) is 101 Å². The molecule has 3 heterocycles. The number of carbonyl (C=O) groups excluding carboxylic acids is 1. The van der Waals surface area contributed by atoms with Gasteiger partial charge >= 0.3 is 0 Å². The molecule has 1 aromatic heterocycles. The fourth-order valence-corrected chi connectivity index (χ4v) is 5.48. The molecule has 0 radical (unpaired) electrons. The van der Waals surface area contributed by atoms with E-state index < -0.39 is 15.9 Å². The lowest BCUT2D eigenvalue weighted by Gasteiger charge is -2.29. The van der Waals surface area contributed by atoms with Gasteiger partial charge in [-0.2, -0.15) is 0 Å². The molecule has 2 atom stereocenters. The highest BCUT2D eigenvalue weighted by Gasteiger charge is 2.33. The van der Waals surface area contributed by atoms with Crippen LogP contribution in [0.3, 0.4) is 0 Å². The number of anilines is 1. The van der Waals surface area contributed by atoms with Crippen molar-refractivity contribution in [2.75, 3.05) is 11.4 Å². The predicted molar refractivity (Wildman–Crippen MR) is 139 cm³/mol. The van der Waals surface area contributed by atoms with Crippen LogP contribution in [0.15, 0.2) is 46.3 Å². The van der Waals surface area contributed by atoms with Crippen LogP contribution >= 0.6 is 11.6 Å². The smallest absolute Gasteiger partial charge is 0.268 e. The van der Waals surface area contributed by atoms with Gasteiger partial charge in [0.1, 0.15) is 11.6 Å². The largest absolute Gasteiger partial charge is 0.489 e. The standard InChI is InChI=1S/C25H29ClN4O4S/c1-15(2)34-23-13-18(7-9-21(23)26)22-10-8-20(24(28-22)30-16(3)5-6-17(30)4)25(31)29-35(32,33)19-11-12-27-14-19/h7-13,15-17H,5-6,14H2,1-4H3,(H,29,31)/t16-,17+. The number of hydrogen-bond donors (Lipinski definition) is 1. The van der Waals surface area contributed by atoms with E-state index in [9.17, 15) is 13.2 Å². The number of halogens is 1. The number of rotatable bonds is 7. The molecule has 1 aromatic carbocycles. The molecular formula is C25H29ClN4O4S. The Morgan fingerprint density at radius 3 is 2.51 bits per heavy atom. The summed E-state index contributed by atoms with van der Waals surface area (Å²) in [7, 11) is -4.00. The molecule has 1 saturated heterocycles. The van der Waals surface area contributed by atoms with E-state index in [0.29, 0.717) is 22.3 Å². The predicted octanol–water partition coefficient (Wildman–Crippen LogP) is 4.59. The highest BCUT2D eigenvalue weighted by atomic mass is 35.5. The number of aromatic nitrogens is 1. The molecule has 0 unspecified atom stereocenters. The number of ether oxygens (including phenoxy) is 1. The van der Waals surface area contributed by atoms with E-state index in [1.165, 1.54) is 12.3 Å². The Hall–Kier alpha value is -2.91. The molecule has 0 saturated carbocycles. The van der Waals surface area contributed by atoms with E-state index >= 15 is 0 Å². The van der Waals surface area contributed by atoms with Crippen LogP contribution in [0.4, 0.5) is 5.82 Å². The van der Waals surface area contributed by atoms with Crippen molar-refractivity contribution in [3.05, 3.63) is 51.9 Å². The summed E-state index contributed by atoms with van der Waals surface area (Å²) in [5, 5.41) is 0.496. The van der Waals surface area contributed by atoms with Crippen LogP contribution in [0.1, 0.15) is 50.9 Å². The van der Waals surface area contributed by atoms with Gasteiger partial charge < -0.3 is 9.64 Å². The zero-order valence-electron chi connectivity index (χ0n) is 20.2. The minimum absolute atomic E-state index is 0.0181. The van der Waals surface area contributed by atoms with E-state index in [1.807, 2.05) is 26.0 Å². The molecule has 0 aliphatic carbocycles. The molecule has 2 aliphatic heterocycles. The second-order valence-corrected chi connectivity index (χ2v) is 11.3. The van der Waals surface area contributed by atoms with Crippen molar-refractivity contribution in [1.82, 2.24) is 9.71 Å². The van der Waals surface area contributed by atoms with Gasteiger partial charge in [-0.1, -0.05) is 17.7 Å². The number of aliphatic imine (C=N–C) groups is 1. The van der Waals surface area contributed by atoms with Gasteiger partial charge in [-0.25, -0.2) is 18.1 Å². The Labute approximate surface area is 211 Å². The molecular weight excluding hydrogens is 488 g/mol. The molecule has 1 fully saturated rings. The maximum Gasteiger partial charge on any atom is 0.268 e. The zero-order valence-corrected chi connectivity index (χ0v) is 21.7. The number of hydrogen-bond acceptors (Lipinski definition) is 7. The number of pyridine rings is 1. The number of nitrogens with zero attached hydrogens (tertiary/aromatic N) is 3. The average molecular weight is 517 g/mol. The molecule has 10 heteroatoms.